The van der Waals surface area contributed by atoms with E-state index in [0.717, 1.165) is 37.9 Å². The molecule has 5 heteroatoms. The Balaban J connectivity index is 1.72. The van der Waals surface area contributed by atoms with Gasteiger partial charge in [-0.25, -0.2) is 0 Å². The Morgan fingerprint density at radius 3 is 2.78 bits per heavy atom. The molecule has 2 N–H and O–H groups in total. The molecule has 100 valence electrons. The van der Waals surface area contributed by atoms with Gasteiger partial charge in [-0.1, -0.05) is 6.42 Å². The van der Waals surface area contributed by atoms with E-state index < -0.39 is 0 Å². The Bertz CT molecular complexity index is 386. The maximum absolute atomic E-state index is 5.81. The average molecular weight is 250 g/mol. The van der Waals surface area contributed by atoms with Crippen molar-refractivity contribution in [2.24, 2.45) is 11.7 Å². The van der Waals surface area contributed by atoms with E-state index in [1.165, 1.54) is 32.1 Å². The van der Waals surface area contributed by atoms with Gasteiger partial charge in [0.1, 0.15) is 0 Å². The zero-order valence-electron chi connectivity index (χ0n) is 10.8. The number of anilines is 1. The number of hydrogen-bond donors (Lipinski definition) is 1. The predicted octanol–water partition coefficient (Wildman–Crippen LogP) is 1.90. The quantitative estimate of drug-likeness (QED) is 0.887. The molecule has 1 saturated heterocycles. The molecule has 0 aromatic carbocycles. The Morgan fingerprint density at radius 2 is 2.00 bits per heavy atom. The summed E-state index contributed by atoms with van der Waals surface area (Å²) in [5, 5.41) is 4.15. The van der Waals surface area contributed by atoms with Gasteiger partial charge >= 0.3 is 0 Å². The first-order valence-corrected chi connectivity index (χ1v) is 7.17. The predicted molar refractivity (Wildman–Crippen MR) is 69.5 cm³/mol. The molecule has 2 heterocycles. The van der Waals surface area contributed by atoms with Crippen molar-refractivity contribution in [1.82, 2.24) is 10.1 Å². The van der Waals surface area contributed by atoms with Crippen LogP contribution in [0.25, 0.3) is 0 Å². The molecule has 0 spiro atoms. The van der Waals surface area contributed by atoms with Crippen LogP contribution in [0.2, 0.25) is 0 Å². The van der Waals surface area contributed by atoms with Crippen molar-refractivity contribution in [1.29, 1.82) is 0 Å². The van der Waals surface area contributed by atoms with Crippen LogP contribution >= 0.6 is 0 Å². The van der Waals surface area contributed by atoms with Crippen LogP contribution in [-0.2, 0) is 0 Å². The maximum Gasteiger partial charge on any atom is 0.266 e. The van der Waals surface area contributed by atoms with Gasteiger partial charge in [-0.05, 0) is 49.7 Å². The highest BCUT2D eigenvalue weighted by molar-refractivity contribution is 5.28. The Hall–Kier alpha value is -1.10. The molecule has 2 aliphatic rings. The smallest absolute Gasteiger partial charge is 0.266 e. The fraction of sp³-hybridized carbons (Fsp3) is 0.846. The molecule has 0 amide bonds. The van der Waals surface area contributed by atoms with Gasteiger partial charge in [0.2, 0.25) is 5.89 Å². The van der Waals surface area contributed by atoms with Crippen LogP contribution in [0, 0.1) is 5.92 Å². The first-order valence-electron chi connectivity index (χ1n) is 7.17. The summed E-state index contributed by atoms with van der Waals surface area (Å²) in [6, 6.07) is 0. The lowest BCUT2D eigenvalue weighted by Gasteiger charge is -2.24. The standard InChI is InChI=1S/C13H22N4O/c14-9-10-5-4-6-11(10)12-15-13(16-18-12)17-7-2-1-3-8-17/h10-11H,1-9,14H2. The summed E-state index contributed by atoms with van der Waals surface area (Å²) in [6.07, 6.45) is 7.36. The third-order valence-corrected chi connectivity index (χ3v) is 4.35. The Kier molecular flexibility index (Phi) is 3.50. The van der Waals surface area contributed by atoms with Crippen LogP contribution in [0.15, 0.2) is 4.52 Å². The zero-order chi connectivity index (χ0) is 12.4. The van der Waals surface area contributed by atoms with Gasteiger partial charge in [-0.2, -0.15) is 4.98 Å². The molecule has 3 rings (SSSR count). The van der Waals surface area contributed by atoms with E-state index in [0.29, 0.717) is 11.8 Å². The van der Waals surface area contributed by atoms with Crippen molar-refractivity contribution in [2.75, 3.05) is 24.5 Å². The number of aromatic nitrogens is 2. The summed E-state index contributed by atoms with van der Waals surface area (Å²) in [5.41, 5.74) is 5.81. The second-order valence-corrected chi connectivity index (χ2v) is 5.51. The lowest BCUT2D eigenvalue weighted by molar-refractivity contribution is 0.325. The van der Waals surface area contributed by atoms with Gasteiger partial charge in [0, 0.05) is 19.0 Å². The minimum Gasteiger partial charge on any atom is -0.338 e. The molecular formula is C13H22N4O. The van der Waals surface area contributed by atoms with Crippen molar-refractivity contribution < 1.29 is 4.52 Å². The SMILES string of the molecule is NCC1CCCC1c1nc(N2CCCCC2)no1. The second kappa shape index (κ2) is 5.26. The van der Waals surface area contributed by atoms with Crippen LogP contribution in [0.1, 0.15) is 50.3 Å². The largest absolute Gasteiger partial charge is 0.338 e. The summed E-state index contributed by atoms with van der Waals surface area (Å²) >= 11 is 0. The minimum absolute atomic E-state index is 0.390. The molecule has 0 bridgehead atoms. The van der Waals surface area contributed by atoms with Gasteiger partial charge in [0.25, 0.3) is 5.95 Å². The van der Waals surface area contributed by atoms with E-state index in [4.69, 9.17) is 10.3 Å². The first kappa shape index (κ1) is 12.0. The summed E-state index contributed by atoms with van der Waals surface area (Å²) in [6.45, 7) is 2.85. The van der Waals surface area contributed by atoms with E-state index in [1.807, 2.05) is 0 Å². The third kappa shape index (κ3) is 2.23. The summed E-state index contributed by atoms with van der Waals surface area (Å²) in [4.78, 5) is 6.85. The van der Waals surface area contributed by atoms with E-state index in [9.17, 15) is 0 Å². The van der Waals surface area contributed by atoms with Gasteiger partial charge in [-0.15, -0.1) is 0 Å². The van der Waals surface area contributed by atoms with Crippen molar-refractivity contribution in [3.05, 3.63) is 5.89 Å². The van der Waals surface area contributed by atoms with Gasteiger partial charge in [0.15, 0.2) is 0 Å². The highest BCUT2D eigenvalue weighted by Gasteiger charge is 2.32. The monoisotopic (exact) mass is 250 g/mol. The molecule has 2 fully saturated rings. The van der Waals surface area contributed by atoms with Crippen molar-refractivity contribution in [2.45, 2.75) is 44.4 Å². The molecular weight excluding hydrogens is 228 g/mol. The maximum atomic E-state index is 5.81. The molecule has 1 aromatic rings. The number of nitrogens with zero attached hydrogens (tertiary/aromatic N) is 3. The Labute approximate surface area is 108 Å². The van der Waals surface area contributed by atoms with E-state index >= 15 is 0 Å². The van der Waals surface area contributed by atoms with Crippen LogP contribution in [0.4, 0.5) is 5.95 Å². The zero-order valence-corrected chi connectivity index (χ0v) is 10.8. The highest BCUT2D eigenvalue weighted by atomic mass is 16.5. The molecule has 2 unspecified atom stereocenters. The Morgan fingerprint density at radius 1 is 1.17 bits per heavy atom. The molecule has 2 atom stereocenters. The number of piperidine rings is 1. The molecule has 1 aliphatic heterocycles. The minimum atomic E-state index is 0.390. The summed E-state index contributed by atoms with van der Waals surface area (Å²) in [5.74, 6) is 2.51. The first-order chi connectivity index (χ1) is 8.88. The van der Waals surface area contributed by atoms with Crippen LogP contribution < -0.4 is 10.6 Å². The van der Waals surface area contributed by atoms with E-state index in [-0.39, 0.29) is 0 Å². The molecule has 0 radical (unpaired) electrons. The average Bonchev–Trinajstić information content (AvgIpc) is 3.08. The molecule has 1 aromatic heterocycles. The topological polar surface area (TPSA) is 68.2 Å². The normalized spacial score (nSPS) is 28.8. The lowest BCUT2D eigenvalue weighted by Crippen LogP contribution is -2.30. The van der Waals surface area contributed by atoms with Crippen LogP contribution in [0.3, 0.4) is 0 Å². The van der Waals surface area contributed by atoms with E-state index in [2.05, 4.69) is 15.0 Å². The molecule has 1 aliphatic carbocycles. The summed E-state index contributed by atoms with van der Waals surface area (Å²) < 4.78 is 5.48. The van der Waals surface area contributed by atoms with Crippen molar-refractivity contribution in [3.8, 4) is 0 Å². The number of nitrogens with two attached hydrogens (primary N) is 1. The highest BCUT2D eigenvalue weighted by Crippen LogP contribution is 2.38. The fourth-order valence-electron chi connectivity index (χ4n) is 3.24. The fourth-order valence-corrected chi connectivity index (χ4v) is 3.24. The van der Waals surface area contributed by atoms with E-state index in [1.54, 1.807) is 0 Å². The second-order valence-electron chi connectivity index (χ2n) is 5.51. The number of rotatable bonds is 3. The molecule has 18 heavy (non-hydrogen) atoms. The number of hydrogen-bond acceptors (Lipinski definition) is 5. The van der Waals surface area contributed by atoms with Crippen molar-refractivity contribution in [3.63, 3.8) is 0 Å². The molecule has 1 saturated carbocycles. The third-order valence-electron chi connectivity index (χ3n) is 4.35. The van der Waals surface area contributed by atoms with Gasteiger partial charge in [-0.3, -0.25) is 0 Å². The van der Waals surface area contributed by atoms with Crippen LogP contribution in [0.5, 0.6) is 0 Å². The summed E-state index contributed by atoms with van der Waals surface area (Å²) in [7, 11) is 0. The van der Waals surface area contributed by atoms with Crippen LogP contribution in [-0.4, -0.2) is 29.8 Å². The molecule has 5 nitrogen and oxygen atoms in total. The van der Waals surface area contributed by atoms with Gasteiger partial charge in [0.05, 0.1) is 0 Å². The van der Waals surface area contributed by atoms with Crippen molar-refractivity contribution >= 4 is 5.95 Å². The lowest BCUT2D eigenvalue weighted by atomic mass is 9.96. The van der Waals surface area contributed by atoms with Gasteiger partial charge < -0.3 is 15.2 Å².